The van der Waals surface area contributed by atoms with Gasteiger partial charge in [0.2, 0.25) is 16.9 Å². The van der Waals surface area contributed by atoms with Crippen molar-refractivity contribution in [3.05, 3.63) is 34.9 Å². The topological polar surface area (TPSA) is 54.5 Å². The zero-order valence-corrected chi connectivity index (χ0v) is 10.3. The number of carbonyl (C=O) groups excluding carboxylic acids is 3. The molecule has 0 unspecified atom stereocenters. The molecule has 1 aromatic carbocycles. The zero-order valence-electron chi connectivity index (χ0n) is 8.68. The Morgan fingerprint density at radius 3 is 2.18 bits per heavy atom. The first-order valence-electron chi connectivity index (χ1n) is 4.91. The van der Waals surface area contributed by atoms with Gasteiger partial charge in [-0.2, -0.15) is 0 Å². The number of hydrogen-bond acceptors (Lipinski definition) is 4. The van der Waals surface area contributed by atoms with Gasteiger partial charge in [0.1, 0.15) is 0 Å². The summed E-state index contributed by atoms with van der Waals surface area (Å²) >= 11 is 6.33. The molecule has 2 rings (SSSR count). The standard InChI is InChI=1S/C11H8ClNO3S/c12-8-3-1-7(2-4-8)11(16)17-13-9(14)5-6-10(13)15/h1-4H,5-6H2. The van der Waals surface area contributed by atoms with E-state index in [9.17, 15) is 14.4 Å². The molecule has 1 aliphatic heterocycles. The molecule has 0 aliphatic carbocycles. The molecule has 1 aromatic rings. The van der Waals surface area contributed by atoms with E-state index in [0.717, 1.165) is 4.31 Å². The molecule has 0 atom stereocenters. The van der Waals surface area contributed by atoms with E-state index >= 15 is 0 Å². The van der Waals surface area contributed by atoms with Gasteiger partial charge in [0, 0.05) is 35.4 Å². The highest BCUT2D eigenvalue weighted by Crippen LogP contribution is 2.25. The van der Waals surface area contributed by atoms with Gasteiger partial charge >= 0.3 is 0 Å². The van der Waals surface area contributed by atoms with Crippen molar-refractivity contribution in [2.45, 2.75) is 12.8 Å². The van der Waals surface area contributed by atoms with Gasteiger partial charge in [0.15, 0.2) is 0 Å². The van der Waals surface area contributed by atoms with Gasteiger partial charge in [-0.1, -0.05) is 11.6 Å². The largest absolute Gasteiger partial charge is 0.280 e. The fourth-order valence-corrected chi connectivity index (χ4v) is 2.30. The first-order chi connectivity index (χ1) is 8.08. The molecule has 0 aromatic heterocycles. The Kier molecular flexibility index (Phi) is 3.49. The fourth-order valence-electron chi connectivity index (χ4n) is 1.38. The van der Waals surface area contributed by atoms with E-state index in [1.54, 1.807) is 24.3 Å². The average molecular weight is 270 g/mol. The van der Waals surface area contributed by atoms with Crippen LogP contribution in [0.1, 0.15) is 23.2 Å². The lowest BCUT2D eigenvalue weighted by atomic mass is 10.2. The molecule has 2 amide bonds. The molecule has 88 valence electrons. The molecule has 1 aliphatic rings. The van der Waals surface area contributed by atoms with Gasteiger partial charge in [0.25, 0.3) is 0 Å². The van der Waals surface area contributed by atoms with Crippen LogP contribution in [0, 0.1) is 0 Å². The first-order valence-corrected chi connectivity index (χ1v) is 6.07. The second-order valence-electron chi connectivity index (χ2n) is 3.47. The summed E-state index contributed by atoms with van der Waals surface area (Å²) in [6, 6.07) is 6.29. The minimum atomic E-state index is -0.342. The van der Waals surface area contributed by atoms with Crippen LogP contribution in [0.3, 0.4) is 0 Å². The summed E-state index contributed by atoms with van der Waals surface area (Å²) in [7, 11) is 0. The third-order valence-electron chi connectivity index (χ3n) is 2.26. The number of benzene rings is 1. The third kappa shape index (κ3) is 2.68. The van der Waals surface area contributed by atoms with Crippen LogP contribution < -0.4 is 0 Å². The summed E-state index contributed by atoms with van der Waals surface area (Å²) in [5.41, 5.74) is 0.409. The number of rotatable bonds is 2. The molecule has 0 radical (unpaired) electrons. The molecular weight excluding hydrogens is 262 g/mol. The van der Waals surface area contributed by atoms with Crippen molar-refractivity contribution in [1.82, 2.24) is 4.31 Å². The van der Waals surface area contributed by atoms with Crippen molar-refractivity contribution in [2.75, 3.05) is 0 Å². The predicted molar refractivity (Wildman–Crippen MR) is 64.5 cm³/mol. The fraction of sp³-hybridized carbons (Fsp3) is 0.182. The Hall–Kier alpha value is -1.33. The lowest BCUT2D eigenvalue weighted by molar-refractivity contribution is -0.131. The number of carbonyl (C=O) groups is 3. The van der Waals surface area contributed by atoms with Gasteiger partial charge < -0.3 is 0 Å². The van der Waals surface area contributed by atoms with E-state index in [0.29, 0.717) is 22.5 Å². The highest BCUT2D eigenvalue weighted by Gasteiger charge is 2.31. The second-order valence-corrected chi connectivity index (χ2v) is 4.82. The van der Waals surface area contributed by atoms with Crippen LogP contribution >= 0.6 is 23.5 Å². The maximum Gasteiger partial charge on any atom is 0.240 e. The van der Waals surface area contributed by atoms with Gasteiger partial charge in [-0.05, 0) is 24.3 Å². The van der Waals surface area contributed by atoms with Crippen LogP contribution in [0.5, 0.6) is 0 Å². The Balaban J connectivity index is 2.09. The minimum Gasteiger partial charge on any atom is -0.280 e. The number of halogens is 1. The first kappa shape index (κ1) is 12.1. The molecule has 0 spiro atoms. The van der Waals surface area contributed by atoms with Crippen LogP contribution in [-0.4, -0.2) is 21.2 Å². The van der Waals surface area contributed by atoms with E-state index in [2.05, 4.69) is 0 Å². The second kappa shape index (κ2) is 4.89. The Morgan fingerprint density at radius 1 is 1.12 bits per heavy atom. The Labute approximate surface area is 107 Å². The Bertz CT molecular complexity index is 470. The summed E-state index contributed by atoms with van der Waals surface area (Å²) in [5.74, 6) is -0.635. The molecule has 1 saturated heterocycles. The summed E-state index contributed by atoms with van der Waals surface area (Å²) < 4.78 is 0.928. The van der Waals surface area contributed by atoms with Gasteiger partial charge in [-0.3, -0.25) is 14.4 Å². The summed E-state index contributed by atoms with van der Waals surface area (Å²) in [4.78, 5) is 34.4. The minimum absolute atomic E-state index is 0.180. The Morgan fingerprint density at radius 2 is 1.65 bits per heavy atom. The SMILES string of the molecule is O=C(SN1C(=O)CCC1=O)c1ccc(Cl)cc1. The molecule has 1 heterocycles. The van der Waals surface area contributed by atoms with Gasteiger partial charge in [0.05, 0.1) is 0 Å². The molecule has 0 bridgehead atoms. The van der Waals surface area contributed by atoms with E-state index in [1.807, 2.05) is 0 Å². The average Bonchev–Trinajstić information content (AvgIpc) is 2.61. The molecule has 0 saturated carbocycles. The van der Waals surface area contributed by atoms with Gasteiger partial charge in [-0.15, -0.1) is 0 Å². The predicted octanol–water partition coefficient (Wildman–Crippen LogP) is 2.28. The number of imide groups is 1. The number of hydrogen-bond donors (Lipinski definition) is 0. The highest BCUT2D eigenvalue weighted by molar-refractivity contribution is 8.13. The van der Waals surface area contributed by atoms with Crippen molar-refractivity contribution in [3.63, 3.8) is 0 Å². The van der Waals surface area contributed by atoms with E-state index in [4.69, 9.17) is 11.6 Å². The summed E-state index contributed by atoms with van der Waals surface area (Å²) in [6.45, 7) is 0. The summed E-state index contributed by atoms with van der Waals surface area (Å²) in [6.07, 6.45) is 0.361. The zero-order chi connectivity index (χ0) is 12.4. The molecular formula is C11H8ClNO3S. The van der Waals surface area contributed by atoms with Crippen molar-refractivity contribution >= 4 is 40.5 Å². The highest BCUT2D eigenvalue weighted by atomic mass is 35.5. The van der Waals surface area contributed by atoms with Crippen LogP contribution in [0.15, 0.2) is 24.3 Å². The van der Waals surface area contributed by atoms with Crippen molar-refractivity contribution in [1.29, 1.82) is 0 Å². The van der Waals surface area contributed by atoms with Crippen LogP contribution in [0.4, 0.5) is 0 Å². The molecule has 0 N–H and O–H groups in total. The lowest BCUT2D eigenvalue weighted by Gasteiger charge is -2.10. The quantitative estimate of drug-likeness (QED) is 0.610. The maximum absolute atomic E-state index is 11.8. The number of amides is 2. The van der Waals surface area contributed by atoms with Crippen LogP contribution in [0.25, 0.3) is 0 Å². The van der Waals surface area contributed by atoms with Crippen LogP contribution in [0.2, 0.25) is 5.02 Å². The summed E-state index contributed by atoms with van der Waals surface area (Å²) in [5, 5.41) is 0.185. The van der Waals surface area contributed by atoms with Crippen molar-refractivity contribution in [2.24, 2.45) is 0 Å². The normalized spacial score (nSPS) is 15.5. The van der Waals surface area contributed by atoms with Gasteiger partial charge in [-0.25, -0.2) is 4.31 Å². The molecule has 4 nitrogen and oxygen atoms in total. The molecule has 1 fully saturated rings. The maximum atomic E-state index is 11.8. The van der Waals surface area contributed by atoms with Crippen molar-refractivity contribution < 1.29 is 14.4 Å². The molecule has 6 heteroatoms. The van der Waals surface area contributed by atoms with E-state index in [-0.39, 0.29) is 29.8 Å². The monoisotopic (exact) mass is 269 g/mol. The lowest BCUT2D eigenvalue weighted by Crippen LogP contribution is -2.23. The van der Waals surface area contributed by atoms with Crippen LogP contribution in [-0.2, 0) is 9.59 Å². The third-order valence-corrected chi connectivity index (χ3v) is 3.50. The number of nitrogens with zero attached hydrogens (tertiary/aromatic N) is 1. The van der Waals surface area contributed by atoms with E-state index in [1.165, 1.54) is 0 Å². The molecule has 17 heavy (non-hydrogen) atoms. The smallest absolute Gasteiger partial charge is 0.240 e. The van der Waals surface area contributed by atoms with E-state index < -0.39 is 0 Å². The van der Waals surface area contributed by atoms with Crippen molar-refractivity contribution in [3.8, 4) is 0 Å².